The van der Waals surface area contributed by atoms with Crippen LogP contribution >= 0.6 is 0 Å². The molecule has 0 saturated carbocycles. The second-order valence-electron chi connectivity index (χ2n) is 17.0. The number of ether oxygens (including phenoxy) is 1. The van der Waals surface area contributed by atoms with Crippen LogP contribution in [-0.4, -0.2) is 46.9 Å². The van der Waals surface area contributed by atoms with E-state index >= 15 is 0 Å². The van der Waals surface area contributed by atoms with Crippen LogP contribution in [0, 0.1) is 0 Å². The number of allylic oxidation sites excluding steroid dienone is 8. The van der Waals surface area contributed by atoms with Crippen LogP contribution in [0.2, 0.25) is 0 Å². The number of aliphatic hydroxyl groups is 2. The molecule has 0 aliphatic rings. The third-order valence-electron chi connectivity index (χ3n) is 11.3. The predicted molar refractivity (Wildman–Crippen MR) is 250 cm³/mol. The van der Waals surface area contributed by atoms with Crippen molar-refractivity contribution in [2.24, 2.45) is 0 Å². The lowest BCUT2D eigenvalue weighted by Gasteiger charge is -2.24. The molecule has 6 nitrogen and oxygen atoms in total. The fourth-order valence-electron chi connectivity index (χ4n) is 7.44. The van der Waals surface area contributed by atoms with Crippen LogP contribution < -0.4 is 5.32 Å². The van der Waals surface area contributed by atoms with Gasteiger partial charge in [-0.3, -0.25) is 9.59 Å². The zero-order valence-electron chi connectivity index (χ0n) is 38.4. The molecule has 3 N–H and O–H groups in total. The zero-order chi connectivity index (χ0) is 42.4. The highest BCUT2D eigenvalue weighted by molar-refractivity contribution is 5.77. The highest BCUT2D eigenvalue weighted by Gasteiger charge is 2.24. The number of amides is 1. The predicted octanol–water partition coefficient (Wildman–Crippen LogP) is 14.7. The third kappa shape index (κ3) is 40.6. The first kappa shape index (κ1) is 55.8. The van der Waals surface area contributed by atoms with Crippen LogP contribution in [0.1, 0.15) is 245 Å². The summed E-state index contributed by atoms with van der Waals surface area (Å²) < 4.78 is 5.89. The topological polar surface area (TPSA) is 95.9 Å². The first-order valence-electron chi connectivity index (χ1n) is 24.9. The van der Waals surface area contributed by atoms with Crippen molar-refractivity contribution in [2.75, 3.05) is 6.61 Å². The van der Waals surface area contributed by atoms with Crippen LogP contribution in [0.15, 0.2) is 48.6 Å². The van der Waals surface area contributed by atoms with Crippen molar-refractivity contribution in [3.05, 3.63) is 48.6 Å². The fraction of sp³-hybridized carbons (Fsp3) is 0.808. The van der Waals surface area contributed by atoms with Crippen LogP contribution in [0.3, 0.4) is 0 Å². The first-order valence-corrected chi connectivity index (χ1v) is 24.9. The maximum atomic E-state index is 13.1. The fourth-order valence-corrected chi connectivity index (χ4v) is 7.44. The van der Waals surface area contributed by atoms with Crippen molar-refractivity contribution in [1.82, 2.24) is 5.32 Å². The van der Waals surface area contributed by atoms with Gasteiger partial charge in [0.1, 0.15) is 6.10 Å². The molecule has 3 atom stereocenters. The van der Waals surface area contributed by atoms with Gasteiger partial charge in [-0.05, 0) is 51.4 Å². The van der Waals surface area contributed by atoms with Gasteiger partial charge in [-0.15, -0.1) is 0 Å². The number of rotatable bonds is 44. The number of nitrogens with one attached hydrogen (secondary N) is 1. The van der Waals surface area contributed by atoms with Gasteiger partial charge in [-0.2, -0.15) is 0 Å². The molecule has 0 heterocycles. The van der Waals surface area contributed by atoms with Gasteiger partial charge in [0, 0.05) is 6.42 Å². The molecular weight excluding hydrogens is 719 g/mol. The highest BCUT2D eigenvalue weighted by Crippen LogP contribution is 2.18. The summed E-state index contributed by atoms with van der Waals surface area (Å²) in [5, 5.41) is 23.7. The quantitative estimate of drug-likeness (QED) is 0.0323. The Morgan fingerprint density at radius 1 is 0.500 bits per heavy atom. The Kier molecular flexibility index (Phi) is 44.2. The molecule has 0 aromatic carbocycles. The average Bonchev–Trinajstić information content (AvgIpc) is 3.22. The van der Waals surface area contributed by atoms with Gasteiger partial charge in [0.05, 0.1) is 25.2 Å². The minimum Gasteiger partial charge on any atom is -0.462 e. The lowest BCUT2D eigenvalue weighted by Crippen LogP contribution is -2.46. The van der Waals surface area contributed by atoms with E-state index in [1.165, 1.54) is 116 Å². The summed E-state index contributed by atoms with van der Waals surface area (Å²) in [4.78, 5) is 26.0. The van der Waals surface area contributed by atoms with Gasteiger partial charge < -0.3 is 20.3 Å². The summed E-state index contributed by atoms with van der Waals surface area (Å²) in [5.41, 5.74) is 0. The van der Waals surface area contributed by atoms with Gasteiger partial charge >= 0.3 is 5.97 Å². The number of carbonyl (C=O) groups excluding carboxylic acids is 2. The van der Waals surface area contributed by atoms with Gasteiger partial charge in [-0.25, -0.2) is 0 Å². The molecule has 3 unspecified atom stereocenters. The van der Waals surface area contributed by atoms with E-state index in [1.54, 1.807) is 0 Å². The maximum Gasteiger partial charge on any atom is 0.306 e. The molecule has 58 heavy (non-hydrogen) atoms. The molecule has 0 bridgehead atoms. The molecule has 0 fully saturated rings. The van der Waals surface area contributed by atoms with Crippen molar-refractivity contribution in [3.63, 3.8) is 0 Å². The Labute approximate surface area is 359 Å². The molecule has 0 aliphatic heterocycles. The Morgan fingerprint density at radius 2 is 0.879 bits per heavy atom. The molecule has 338 valence electrons. The summed E-state index contributed by atoms with van der Waals surface area (Å²) in [5.74, 6) is -0.499. The largest absolute Gasteiger partial charge is 0.462 e. The molecule has 1 amide bonds. The number of unbranched alkanes of at least 4 members (excludes halogenated alkanes) is 27. The minimum absolute atomic E-state index is 0.0688. The van der Waals surface area contributed by atoms with E-state index in [0.29, 0.717) is 19.3 Å². The van der Waals surface area contributed by atoms with Crippen molar-refractivity contribution >= 4 is 11.9 Å². The van der Waals surface area contributed by atoms with Gasteiger partial charge in [-0.1, -0.05) is 230 Å². The van der Waals surface area contributed by atoms with Crippen LogP contribution in [0.5, 0.6) is 0 Å². The molecule has 0 spiro atoms. The SMILES string of the molecule is CCCCC/C=C/C=C/C=C/C=C/CCCCCCCC(=O)OC(CCCCCCCCCC)CC(=O)NC(CO)C(O)CCCCCCCCCCCCCCC. The number of hydrogen-bond donors (Lipinski definition) is 3. The monoisotopic (exact) mass is 814 g/mol. The van der Waals surface area contributed by atoms with E-state index in [0.717, 1.165) is 83.5 Å². The van der Waals surface area contributed by atoms with Crippen molar-refractivity contribution in [2.45, 2.75) is 264 Å². The van der Waals surface area contributed by atoms with E-state index in [1.807, 2.05) is 0 Å². The molecule has 0 aromatic rings. The Hall–Kier alpha value is -2.18. The minimum atomic E-state index is -0.789. The first-order chi connectivity index (χ1) is 28.5. The van der Waals surface area contributed by atoms with Crippen LogP contribution in [-0.2, 0) is 14.3 Å². The smallest absolute Gasteiger partial charge is 0.306 e. The maximum absolute atomic E-state index is 13.1. The summed E-state index contributed by atoms with van der Waals surface area (Å²) in [6.45, 7) is 6.42. The molecule has 0 radical (unpaired) electrons. The molecule has 0 aromatic heterocycles. The number of esters is 1. The Bertz CT molecular complexity index is 1000. The second-order valence-corrected chi connectivity index (χ2v) is 17.0. The van der Waals surface area contributed by atoms with Gasteiger partial charge in [0.15, 0.2) is 0 Å². The normalized spacial score (nSPS) is 13.7. The molecule has 0 rings (SSSR count). The van der Waals surface area contributed by atoms with Crippen LogP contribution in [0.4, 0.5) is 0 Å². The van der Waals surface area contributed by atoms with E-state index in [2.05, 4.69) is 74.7 Å². The standard InChI is InChI=1S/C52H95NO5/c1-4-7-10-13-16-19-21-23-24-25-26-27-29-31-33-36-39-42-45-52(57)58-48(43-40-37-34-18-15-12-9-6-3)46-51(56)53-49(47-54)50(55)44-41-38-35-32-30-28-22-20-17-14-11-8-5-2/h16,19,21,23-27,48-50,54-55H,4-15,17-18,20,22,28-47H2,1-3H3,(H,53,56)/b19-16+,23-21+,25-24+,27-26+. The van der Waals surface area contributed by atoms with Crippen LogP contribution in [0.25, 0.3) is 0 Å². The van der Waals surface area contributed by atoms with Gasteiger partial charge in [0.25, 0.3) is 0 Å². The summed E-state index contributed by atoms with van der Waals surface area (Å²) in [6, 6.07) is -0.703. The van der Waals surface area contributed by atoms with E-state index < -0.39 is 18.2 Å². The molecule has 0 aliphatic carbocycles. The van der Waals surface area contributed by atoms with Crippen molar-refractivity contribution < 1.29 is 24.5 Å². The molecule has 0 saturated heterocycles. The van der Waals surface area contributed by atoms with E-state index in [4.69, 9.17) is 4.74 Å². The third-order valence-corrected chi connectivity index (χ3v) is 11.3. The highest BCUT2D eigenvalue weighted by atomic mass is 16.5. The summed E-state index contributed by atoms with van der Waals surface area (Å²) in [6.07, 6.45) is 54.5. The summed E-state index contributed by atoms with van der Waals surface area (Å²) >= 11 is 0. The lowest BCUT2D eigenvalue weighted by molar-refractivity contribution is -0.151. The van der Waals surface area contributed by atoms with Crippen molar-refractivity contribution in [3.8, 4) is 0 Å². The second kappa shape index (κ2) is 45.9. The number of aliphatic hydroxyl groups excluding tert-OH is 2. The molecular formula is C52H95NO5. The van der Waals surface area contributed by atoms with E-state index in [-0.39, 0.29) is 24.9 Å². The van der Waals surface area contributed by atoms with E-state index in [9.17, 15) is 19.8 Å². The molecule has 6 heteroatoms. The Morgan fingerprint density at radius 3 is 1.36 bits per heavy atom. The Balaban J connectivity index is 4.48. The summed E-state index contributed by atoms with van der Waals surface area (Å²) in [7, 11) is 0. The lowest BCUT2D eigenvalue weighted by atomic mass is 10.0. The number of carbonyl (C=O) groups is 2. The zero-order valence-corrected chi connectivity index (χ0v) is 38.4. The van der Waals surface area contributed by atoms with Crippen molar-refractivity contribution in [1.29, 1.82) is 0 Å². The number of hydrogen-bond acceptors (Lipinski definition) is 5. The van der Waals surface area contributed by atoms with Gasteiger partial charge in [0.2, 0.25) is 5.91 Å². The average molecular weight is 814 g/mol.